The molecule has 21 heavy (non-hydrogen) atoms. The second-order valence-corrected chi connectivity index (χ2v) is 4.64. The van der Waals surface area contributed by atoms with E-state index in [-0.39, 0.29) is 12.1 Å². The Kier molecular flexibility index (Phi) is 5.22. The summed E-state index contributed by atoms with van der Waals surface area (Å²) in [6.45, 7) is 2.44. The molecule has 6 heteroatoms. The third-order valence-corrected chi connectivity index (χ3v) is 3.17. The number of nitrogens with one attached hydrogen (secondary N) is 3. The highest BCUT2D eigenvalue weighted by Gasteiger charge is 2.04. The SMILES string of the molecule is CNC(C)c1ccc(NC(=O)NCc2ccncn2)cc1. The van der Waals surface area contributed by atoms with Crippen molar-refractivity contribution in [3.63, 3.8) is 0 Å². The molecule has 1 unspecified atom stereocenters. The standard InChI is InChI=1S/C15H19N5O/c1-11(16-2)12-3-5-13(6-4-12)20-15(21)18-9-14-7-8-17-10-19-14/h3-8,10-11,16H,9H2,1-2H3,(H2,18,20,21). The fourth-order valence-corrected chi connectivity index (χ4v) is 1.79. The molecule has 0 spiro atoms. The molecule has 1 heterocycles. The molecule has 2 rings (SSSR count). The molecule has 0 aliphatic carbocycles. The van der Waals surface area contributed by atoms with Crippen LogP contribution in [0.25, 0.3) is 0 Å². The third kappa shape index (κ3) is 4.54. The van der Waals surface area contributed by atoms with Crippen LogP contribution in [-0.4, -0.2) is 23.0 Å². The molecule has 3 N–H and O–H groups in total. The van der Waals surface area contributed by atoms with Crippen molar-refractivity contribution in [3.8, 4) is 0 Å². The summed E-state index contributed by atoms with van der Waals surface area (Å²) in [6, 6.07) is 9.52. The van der Waals surface area contributed by atoms with E-state index in [2.05, 4.69) is 32.8 Å². The first-order chi connectivity index (χ1) is 10.2. The van der Waals surface area contributed by atoms with Crippen molar-refractivity contribution in [3.05, 3.63) is 54.1 Å². The van der Waals surface area contributed by atoms with Crippen molar-refractivity contribution in [2.24, 2.45) is 0 Å². The van der Waals surface area contributed by atoms with Gasteiger partial charge >= 0.3 is 6.03 Å². The predicted octanol–water partition coefficient (Wildman–Crippen LogP) is 2.08. The molecule has 0 saturated carbocycles. The Balaban J connectivity index is 1.85. The molecular weight excluding hydrogens is 266 g/mol. The topological polar surface area (TPSA) is 78.9 Å². The zero-order valence-electron chi connectivity index (χ0n) is 12.1. The van der Waals surface area contributed by atoms with Gasteiger partial charge in [-0.05, 0) is 37.7 Å². The first-order valence-corrected chi connectivity index (χ1v) is 6.76. The molecule has 1 atom stereocenters. The van der Waals surface area contributed by atoms with Crippen LogP contribution in [0.3, 0.4) is 0 Å². The number of nitrogens with zero attached hydrogens (tertiary/aromatic N) is 2. The van der Waals surface area contributed by atoms with E-state index in [1.165, 1.54) is 11.9 Å². The normalized spacial score (nSPS) is 11.7. The van der Waals surface area contributed by atoms with Crippen LogP contribution < -0.4 is 16.0 Å². The van der Waals surface area contributed by atoms with Gasteiger partial charge in [-0.15, -0.1) is 0 Å². The quantitative estimate of drug-likeness (QED) is 0.786. The first kappa shape index (κ1) is 14.9. The molecule has 1 aromatic carbocycles. The number of anilines is 1. The molecule has 0 aliphatic rings. The van der Waals surface area contributed by atoms with Crippen LogP contribution in [0.4, 0.5) is 10.5 Å². The van der Waals surface area contributed by atoms with Crippen LogP contribution in [0.15, 0.2) is 42.9 Å². The van der Waals surface area contributed by atoms with Gasteiger partial charge in [0.05, 0.1) is 12.2 Å². The van der Waals surface area contributed by atoms with E-state index in [0.717, 1.165) is 11.4 Å². The minimum Gasteiger partial charge on any atom is -0.332 e. The van der Waals surface area contributed by atoms with Crippen molar-refractivity contribution >= 4 is 11.7 Å². The summed E-state index contributed by atoms with van der Waals surface area (Å²) in [5.74, 6) is 0. The summed E-state index contributed by atoms with van der Waals surface area (Å²) < 4.78 is 0. The minimum atomic E-state index is -0.261. The monoisotopic (exact) mass is 285 g/mol. The highest BCUT2D eigenvalue weighted by atomic mass is 16.2. The Bertz CT molecular complexity index is 570. The van der Waals surface area contributed by atoms with Gasteiger partial charge in [-0.1, -0.05) is 12.1 Å². The number of carbonyl (C=O) groups is 1. The second kappa shape index (κ2) is 7.35. The molecule has 6 nitrogen and oxygen atoms in total. The number of benzene rings is 1. The van der Waals surface area contributed by atoms with E-state index in [1.807, 2.05) is 31.3 Å². The minimum absolute atomic E-state index is 0.261. The van der Waals surface area contributed by atoms with Gasteiger partial charge in [-0.3, -0.25) is 0 Å². The number of amides is 2. The van der Waals surface area contributed by atoms with Crippen molar-refractivity contribution in [1.82, 2.24) is 20.6 Å². The van der Waals surface area contributed by atoms with Crippen LogP contribution in [0.5, 0.6) is 0 Å². The van der Waals surface area contributed by atoms with Gasteiger partial charge in [-0.25, -0.2) is 14.8 Å². The maximum absolute atomic E-state index is 11.8. The Morgan fingerprint density at radius 1 is 1.24 bits per heavy atom. The number of aromatic nitrogens is 2. The Hall–Kier alpha value is -2.47. The summed E-state index contributed by atoms with van der Waals surface area (Å²) >= 11 is 0. The number of rotatable bonds is 5. The molecule has 1 aromatic heterocycles. The molecular formula is C15H19N5O. The fraction of sp³-hybridized carbons (Fsp3) is 0.267. The van der Waals surface area contributed by atoms with Gasteiger partial charge in [0.15, 0.2) is 0 Å². The zero-order chi connectivity index (χ0) is 15.1. The Morgan fingerprint density at radius 2 is 2.00 bits per heavy atom. The van der Waals surface area contributed by atoms with Crippen molar-refractivity contribution in [1.29, 1.82) is 0 Å². The summed E-state index contributed by atoms with van der Waals surface area (Å²) in [6.07, 6.45) is 3.10. The third-order valence-electron chi connectivity index (χ3n) is 3.17. The summed E-state index contributed by atoms with van der Waals surface area (Å²) in [5.41, 5.74) is 2.69. The lowest BCUT2D eigenvalue weighted by Gasteiger charge is -2.12. The molecule has 110 valence electrons. The zero-order valence-corrected chi connectivity index (χ0v) is 12.1. The van der Waals surface area contributed by atoms with Gasteiger partial charge in [0, 0.05) is 17.9 Å². The van der Waals surface area contributed by atoms with Crippen LogP contribution in [0, 0.1) is 0 Å². The molecule has 0 saturated heterocycles. The van der Waals surface area contributed by atoms with Crippen LogP contribution in [-0.2, 0) is 6.54 Å². The van der Waals surface area contributed by atoms with Gasteiger partial charge < -0.3 is 16.0 Å². The van der Waals surface area contributed by atoms with Gasteiger partial charge in [0.25, 0.3) is 0 Å². The van der Waals surface area contributed by atoms with Crippen LogP contribution in [0.1, 0.15) is 24.2 Å². The molecule has 0 fully saturated rings. The average Bonchev–Trinajstić information content (AvgIpc) is 2.54. The van der Waals surface area contributed by atoms with E-state index in [4.69, 9.17) is 0 Å². The Labute approximate surface area is 124 Å². The number of hydrogen-bond donors (Lipinski definition) is 3. The van der Waals surface area contributed by atoms with Crippen LogP contribution >= 0.6 is 0 Å². The van der Waals surface area contributed by atoms with Crippen molar-refractivity contribution in [2.45, 2.75) is 19.5 Å². The van der Waals surface area contributed by atoms with Crippen LogP contribution in [0.2, 0.25) is 0 Å². The predicted molar refractivity (Wildman–Crippen MR) is 81.8 cm³/mol. The first-order valence-electron chi connectivity index (χ1n) is 6.76. The highest BCUT2D eigenvalue weighted by Crippen LogP contribution is 2.15. The smallest absolute Gasteiger partial charge is 0.319 e. The maximum atomic E-state index is 11.8. The van der Waals surface area contributed by atoms with E-state index >= 15 is 0 Å². The largest absolute Gasteiger partial charge is 0.332 e. The lowest BCUT2D eigenvalue weighted by Crippen LogP contribution is -2.28. The van der Waals surface area contributed by atoms with E-state index in [1.54, 1.807) is 12.3 Å². The molecule has 0 radical (unpaired) electrons. The number of hydrogen-bond acceptors (Lipinski definition) is 4. The van der Waals surface area contributed by atoms with Gasteiger partial charge in [-0.2, -0.15) is 0 Å². The van der Waals surface area contributed by atoms with Crippen molar-refractivity contribution in [2.75, 3.05) is 12.4 Å². The van der Waals surface area contributed by atoms with Crippen molar-refractivity contribution < 1.29 is 4.79 Å². The van der Waals surface area contributed by atoms with Gasteiger partial charge in [0.1, 0.15) is 6.33 Å². The summed E-state index contributed by atoms with van der Waals surface area (Å²) in [5, 5.41) is 8.69. The highest BCUT2D eigenvalue weighted by molar-refractivity contribution is 5.89. The molecule has 2 amide bonds. The second-order valence-electron chi connectivity index (χ2n) is 4.64. The molecule has 0 bridgehead atoms. The van der Waals surface area contributed by atoms with E-state index in [0.29, 0.717) is 6.54 Å². The molecule has 2 aromatic rings. The lowest BCUT2D eigenvalue weighted by atomic mass is 10.1. The number of carbonyl (C=O) groups excluding carboxylic acids is 1. The fourth-order valence-electron chi connectivity index (χ4n) is 1.79. The Morgan fingerprint density at radius 3 is 2.62 bits per heavy atom. The maximum Gasteiger partial charge on any atom is 0.319 e. The number of urea groups is 1. The van der Waals surface area contributed by atoms with Gasteiger partial charge in [0.2, 0.25) is 0 Å². The van der Waals surface area contributed by atoms with E-state index < -0.39 is 0 Å². The molecule has 0 aliphatic heterocycles. The lowest BCUT2D eigenvalue weighted by molar-refractivity contribution is 0.251. The summed E-state index contributed by atoms with van der Waals surface area (Å²) in [7, 11) is 1.91. The van der Waals surface area contributed by atoms with E-state index in [9.17, 15) is 4.79 Å². The summed E-state index contributed by atoms with van der Waals surface area (Å²) in [4.78, 5) is 19.6. The average molecular weight is 285 g/mol.